The van der Waals surface area contributed by atoms with E-state index in [4.69, 9.17) is 9.47 Å². The quantitative estimate of drug-likeness (QED) is 0.565. The molecule has 0 saturated heterocycles. The summed E-state index contributed by atoms with van der Waals surface area (Å²) in [6.45, 7) is 0.243. The van der Waals surface area contributed by atoms with Gasteiger partial charge in [0.05, 0.1) is 0 Å². The molecule has 1 aromatic carbocycles. The van der Waals surface area contributed by atoms with E-state index in [2.05, 4.69) is 5.32 Å². The fourth-order valence-corrected chi connectivity index (χ4v) is 1.63. The van der Waals surface area contributed by atoms with Crippen LogP contribution in [0.4, 0.5) is 27.6 Å². The van der Waals surface area contributed by atoms with Gasteiger partial charge in [0.2, 0.25) is 0 Å². The van der Waals surface area contributed by atoms with Crippen molar-refractivity contribution in [2.24, 2.45) is 0 Å². The molecule has 11 heteroatoms. The van der Waals surface area contributed by atoms with E-state index >= 15 is 0 Å². The molecule has 1 rings (SSSR count). The molecule has 0 spiro atoms. The molecule has 1 aromatic rings. The molecule has 0 unspecified atom stereocenters. The molecular formula is C13H16ClF5N2O3. The fraction of sp³-hybridized carbons (Fsp3) is 0.462. The van der Waals surface area contributed by atoms with Crippen LogP contribution in [0.2, 0.25) is 0 Å². The Morgan fingerprint density at radius 1 is 1.17 bits per heavy atom. The van der Waals surface area contributed by atoms with Gasteiger partial charge < -0.3 is 20.1 Å². The Morgan fingerprint density at radius 3 is 2.08 bits per heavy atom. The molecule has 0 fully saturated rings. The Kier molecular flexibility index (Phi) is 9.12. The first kappa shape index (κ1) is 22.5. The van der Waals surface area contributed by atoms with Crippen LogP contribution in [-0.2, 0) is 20.8 Å². The molecular weight excluding hydrogens is 363 g/mol. The molecule has 0 bridgehead atoms. The number of benzene rings is 1. The maximum Gasteiger partial charge on any atom is 0.471 e. The van der Waals surface area contributed by atoms with Gasteiger partial charge in [-0.05, 0) is 17.7 Å². The number of amides is 1. The van der Waals surface area contributed by atoms with Crippen LogP contribution in [0.5, 0.6) is 0 Å². The largest absolute Gasteiger partial charge is 0.471 e. The first-order valence-electron chi connectivity index (χ1n) is 6.31. The maximum absolute atomic E-state index is 13.7. The summed E-state index contributed by atoms with van der Waals surface area (Å²) in [6.07, 6.45) is -5.80. The topological polar surface area (TPSA) is 59.6 Å². The lowest BCUT2D eigenvalue weighted by Crippen LogP contribution is -2.31. The van der Waals surface area contributed by atoms with Crippen LogP contribution in [0.1, 0.15) is 5.56 Å². The Morgan fingerprint density at radius 2 is 1.67 bits per heavy atom. The number of carbonyl (C=O) groups excluding carboxylic acids is 1. The van der Waals surface area contributed by atoms with E-state index in [1.165, 1.54) is 14.2 Å². The molecule has 0 aromatic heterocycles. The average molecular weight is 379 g/mol. The zero-order chi connectivity index (χ0) is 17.6. The van der Waals surface area contributed by atoms with Crippen LogP contribution < -0.4 is 10.6 Å². The highest BCUT2D eigenvalue weighted by molar-refractivity contribution is 5.95. The summed E-state index contributed by atoms with van der Waals surface area (Å²) in [5, 5.41) is 3.96. The molecule has 1 amide bonds. The lowest BCUT2D eigenvalue weighted by Gasteiger charge is -2.15. The van der Waals surface area contributed by atoms with Crippen molar-refractivity contribution in [3.05, 3.63) is 29.3 Å². The second-order valence-corrected chi connectivity index (χ2v) is 4.42. The number of nitrogens with one attached hydrogen (secondary N) is 2. The number of halogens is 6. The lowest BCUT2D eigenvalue weighted by atomic mass is 10.1. The summed E-state index contributed by atoms with van der Waals surface area (Å²) >= 11 is 0. The van der Waals surface area contributed by atoms with Crippen LogP contribution >= 0.6 is 12.4 Å². The lowest BCUT2D eigenvalue weighted by molar-refractivity contribution is -0.167. The zero-order valence-corrected chi connectivity index (χ0v) is 13.5. The summed E-state index contributed by atoms with van der Waals surface area (Å²) in [6, 6.07) is 1.63. The SMILES string of the molecule is COC(CNCc1cc(F)c(NC(=O)C(F)(F)F)c(F)c1)OC.Cl. The number of rotatable bonds is 7. The molecule has 0 aliphatic carbocycles. The highest BCUT2D eigenvalue weighted by Gasteiger charge is 2.39. The third-order valence-corrected chi connectivity index (χ3v) is 2.76. The number of carbonyl (C=O) groups is 1. The number of alkyl halides is 3. The van der Waals surface area contributed by atoms with Crippen molar-refractivity contribution in [3.63, 3.8) is 0 Å². The van der Waals surface area contributed by atoms with Gasteiger partial charge in [-0.25, -0.2) is 8.78 Å². The van der Waals surface area contributed by atoms with Gasteiger partial charge in [0.15, 0.2) is 6.29 Å². The molecule has 138 valence electrons. The summed E-state index contributed by atoms with van der Waals surface area (Å²) < 4.78 is 73.4. The van der Waals surface area contributed by atoms with Gasteiger partial charge in [-0.15, -0.1) is 12.4 Å². The highest BCUT2D eigenvalue weighted by Crippen LogP contribution is 2.24. The van der Waals surface area contributed by atoms with Crippen LogP contribution in [0.3, 0.4) is 0 Å². The van der Waals surface area contributed by atoms with Gasteiger partial charge in [-0.3, -0.25) is 4.79 Å². The summed E-state index contributed by atoms with van der Waals surface area (Å²) in [5.41, 5.74) is -1.02. The minimum absolute atomic E-state index is 0. The Hall–Kier alpha value is -1.49. The van der Waals surface area contributed by atoms with Gasteiger partial charge in [0.1, 0.15) is 17.3 Å². The molecule has 0 heterocycles. The Labute approximate surface area is 140 Å². The van der Waals surface area contributed by atoms with Crippen molar-refractivity contribution in [2.75, 3.05) is 26.1 Å². The second-order valence-electron chi connectivity index (χ2n) is 4.42. The van der Waals surface area contributed by atoms with Crippen LogP contribution in [-0.4, -0.2) is 39.1 Å². The maximum atomic E-state index is 13.7. The molecule has 2 N–H and O–H groups in total. The van der Waals surface area contributed by atoms with Gasteiger partial charge >= 0.3 is 12.1 Å². The van der Waals surface area contributed by atoms with Crippen molar-refractivity contribution < 1.29 is 36.2 Å². The predicted molar refractivity (Wildman–Crippen MR) is 77.8 cm³/mol. The smallest absolute Gasteiger partial charge is 0.355 e. The average Bonchev–Trinajstić information content (AvgIpc) is 2.46. The van der Waals surface area contributed by atoms with E-state index in [-0.39, 0.29) is 31.1 Å². The Balaban J connectivity index is 0.00000529. The highest BCUT2D eigenvalue weighted by atomic mass is 35.5. The standard InChI is InChI=1S/C13H15F5N2O3.ClH/c1-22-10(23-2)6-19-5-7-3-8(14)11(9(15)4-7)20-12(21)13(16,17)18;/h3-4,10,19H,5-6H2,1-2H3,(H,20,21);1H. The minimum Gasteiger partial charge on any atom is -0.355 e. The summed E-state index contributed by atoms with van der Waals surface area (Å²) in [4.78, 5) is 10.7. The monoisotopic (exact) mass is 378 g/mol. The second kappa shape index (κ2) is 9.72. The molecule has 24 heavy (non-hydrogen) atoms. The van der Waals surface area contributed by atoms with Crippen LogP contribution in [0, 0.1) is 11.6 Å². The predicted octanol–water partition coefficient (Wildman–Crippen LogP) is 2.60. The van der Waals surface area contributed by atoms with E-state index in [1.807, 2.05) is 0 Å². The molecule has 0 atom stereocenters. The Bertz CT molecular complexity index is 530. The third kappa shape index (κ3) is 6.56. The molecule has 5 nitrogen and oxygen atoms in total. The van der Waals surface area contributed by atoms with Crippen LogP contribution in [0.15, 0.2) is 12.1 Å². The van der Waals surface area contributed by atoms with E-state index in [9.17, 15) is 26.7 Å². The third-order valence-electron chi connectivity index (χ3n) is 2.76. The molecule has 0 aliphatic rings. The van der Waals surface area contributed by atoms with E-state index in [0.717, 1.165) is 17.4 Å². The van der Waals surface area contributed by atoms with E-state index < -0.39 is 35.7 Å². The van der Waals surface area contributed by atoms with Gasteiger partial charge in [0, 0.05) is 27.3 Å². The van der Waals surface area contributed by atoms with Crippen molar-refractivity contribution in [1.29, 1.82) is 0 Å². The fourth-order valence-electron chi connectivity index (χ4n) is 1.63. The van der Waals surface area contributed by atoms with E-state index in [0.29, 0.717) is 0 Å². The summed E-state index contributed by atoms with van der Waals surface area (Å²) in [5.74, 6) is -5.08. The number of anilines is 1. The first-order valence-corrected chi connectivity index (χ1v) is 6.31. The number of hydrogen-bond acceptors (Lipinski definition) is 4. The van der Waals surface area contributed by atoms with Crippen molar-refractivity contribution in [1.82, 2.24) is 5.32 Å². The first-order chi connectivity index (χ1) is 10.7. The van der Waals surface area contributed by atoms with Crippen molar-refractivity contribution in [3.8, 4) is 0 Å². The number of ether oxygens (including phenoxy) is 2. The van der Waals surface area contributed by atoms with Crippen molar-refractivity contribution >= 4 is 24.0 Å². The van der Waals surface area contributed by atoms with Crippen molar-refractivity contribution in [2.45, 2.75) is 19.0 Å². The number of methoxy groups -OCH3 is 2. The van der Waals surface area contributed by atoms with Gasteiger partial charge in [-0.2, -0.15) is 13.2 Å². The molecule has 0 aliphatic heterocycles. The summed E-state index contributed by atoms with van der Waals surface area (Å²) in [7, 11) is 2.82. The minimum atomic E-state index is -5.24. The zero-order valence-electron chi connectivity index (χ0n) is 12.7. The van der Waals surface area contributed by atoms with E-state index in [1.54, 1.807) is 0 Å². The molecule has 0 radical (unpaired) electrons. The van der Waals surface area contributed by atoms with Crippen LogP contribution in [0.25, 0.3) is 0 Å². The number of hydrogen-bond donors (Lipinski definition) is 2. The van der Waals surface area contributed by atoms with Gasteiger partial charge in [0.25, 0.3) is 0 Å². The normalized spacial score (nSPS) is 11.3. The molecule has 0 saturated carbocycles. The van der Waals surface area contributed by atoms with Gasteiger partial charge in [-0.1, -0.05) is 0 Å².